The zero-order chi connectivity index (χ0) is 14.7. The minimum Gasteiger partial charge on any atom is -0.497 e. The molecule has 5 nitrogen and oxygen atoms in total. The lowest BCUT2D eigenvalue weighted by molar-refractivity contribution is 0.0946. The Balaban J connectivity index is 1.68. The summed E-state index contributed by atoms with van der Waals surface area (Å²) in [7, 11) is 1.63. The van der Waals surface area contributed by atoms with Gasteiger partial charge in [0.2, 0.25) is 0 Å². The van der Waals surface area contributed by atoms with Crippen LogP contribution in [-0.2, 0) is 6.54 Å². The molecule has 0 bridgehead atoms. The van der Waals surface area contributed by atoms with Crippen molar-refractivity contribution in [3.63, 3.8) is 0 Å². The molecule has 21 heavy (non-hydrogen) atoms. The fourth-order valence-corrected chi connectivity index (χ4v) is 2.06. The van der Waals surface area contributed by atoms with Gasteiger partial charge in [-0.05, 0) is 29.8 Å². The molecule has 0 saturated heterocycles. The number of rotatable bonds is 4. The molecule has 1 aromatic carbocycles. The van der Waals surface area contributed by atoms with Crippen LogP contribution in [0.2, 0.25) is 0 Å². The molecule has 1 N–H and O–H groups in total. The van der Waals surface area contributed by atoms with Crippen molar-refractivity contribution in [2.75, 3.05) is 7.11 Å². The SMILES string of the molecule is COc1ccc(CNC(=O)c2cn3ccccc3n2)cc1. The van der Waals surface area contributed by atoms with E-state index in [-0.39, 0.29) is 5.91 Å². The number of carbonyl (C=O) groups is 1. The van der Waals surface area contributed by atoms with Crippen LogP contribution in [0.1, 0.15) is 16.1 Å². The first kappa shape index (κ1) is 13.2. The summed E-state index contributed by atoms with van der Waals surface area (Å²) in [5.41, 5.74) is 2.18. The number of nitrogens with zero attached hydrogens (tertiary/aromatic N) is 2. The molecule has 0 radical (unpaired) electrons. The minimum absolute atomic E-state index is 0.186. The maximum absolute atomic E-state index is 12.1. The highest BCUT2D eigenvalue weighted by molar-refractivity contribution is 5.92. The van der Waals surface area contributed by atoms with Crippen molar-refractivity contribution in [3.05, 3.63) is 66.1 Å². The number of benzene rings is 1. The summed E-state index contributed by atoms with van der Waals surface area (Å²) in [4.78, 5) is 16.4. The Kier molecular flexibility index (Phi) is 3.55. The Morgan fingerprint density at radius 1 is 1.24 bits per heavy atom. The fraction of sp³-hybridized carbons (Fsp3) is 0.125. The van der Waals surface area contributed by atoms with E-state index in [4.69, 9.17) is 4.74 Å². The molecule has 1 amide bonds. The van der Waals surface area contributed by atoms with E-state index in [0.717, 1.165) is 17.0 Å². The summed E-state index contributed by atoms with van der Waals surface area (Å²) < 4.78 is 6.92. The summed E-state index contributed by atoms with van der Waals surface area (Å²) in [6.07, 6.45) is 3.58. The van der Waals surface area contributed by atoms with Gasteiger partial charge in [0.15, 0.2) is 0 Å². The molecule has 5 heteroatoms. The number of pyridine rings is 1. The molecule has 3 aromatic rings. The number of amides is 1. The number of hydrogen-bond donors (Lipinski definition) is 1. The number of aromatic nitrogens is 2. The van der Waals surface area contributed by atoms with Crippen molar-refractivity contribution in [1.82, 2.24) is 14.7 Å². The van der Waals surface area contributed by atoms with Crippen molar-refractivity contribution < 1.29 is 9.53 Å². The lowest BCUT2D eigenvalue weighted by Gasteiger charge is -2.04. The second-order valence-electron chi connectivity index (χ2n) is 4.62. The maximum Gasteiger partial charge on any atom is 0.271 e. The zero-order valence-electron chi connectivity index (χ0n) is 11.6. The predicted molar refractivity (Wildman–Crippen MR) is 79.4 cm³/mol. The van der Waals surface area contributed by atoms with Crippen molar-refractivity contribution >= 4 is 11.6 Å². The third-order valence-corrected chi connectivity index (χ3v) is 3.21. The predicted octanol–water partition coefficient (Wildman–Crippen LogP) is 2.27. The van der Waals surface area contributed by atoms with Gasteiger partial charge in [0, 0.05) is 18.9 Å². The van der Waals surface area contributed by atoms with Crippen molar-refractivity contribution in [1.29, 1.82) is 0 Å². The van der Waals surface area contributed by atoms with E-state index in [1.807, 2.05) is 53.1 Å². The highest BCUT2D eigenvalue weighted by Gasteiger charge is 2.09. The summed E-state index contributed by atoms with van der Waals surface area (Å²) in [6, 6.07) is 13.2. The lowest BCUT2D eigenvalue weighted by Crippen LogP contribution is -2.23. The van der Waals surface area contributed by atoms with E-state index in [1.54, 1.807) is 13.3 Å². The van der Waals surface area contributed by atoms with Crippen LogP contribution < -0.4 is 10.1 Å². The number of hydrogen-bond acceptors (Lipinski definition) is 3. The van der Waals surface area contributed by atoms with Crippen molar-refractivity contribution in [2.24, 2.45) is 0 Å². The molecule has 0 spiro atoms. The second-order valence-corrected chi connectivity index (χ2v) is 4.62. The Morgan fingerprint density at radius 3 is 2.76 bits per heavy atom. The molecule has 0 saturated carbocycles. The number of methoxy groups -OCH3 is 1. The van der Waals surface area contributed by atoms with Gasteiger partial charge in [-0.25, -0.2) is 4.98 Å². The third kappa shape index (κ3) is 2.86. The Bertz CT molecular complexity index is 730. The number of imidazole rings is 1. The van der Waals surface area contributed by atoms with E-state index >= 15 is 0 Å². The fourth-order valence-electron chi connectivity index (χ4n) is 2.06. The largest absolute Gasteiger partial charge is 0.497 e. The van der Waals surface area contributed by atoms with Gasteiger partial charge in [-0.2, -0.15) is 0 Å². The van der Waals surface area contributed by atoms with Gasteiger partial charge in [-0.3, -0.25) is 4.79 Å². The Labute approximate surface area is 122 Å². The maximum atomic E-state index is 12.1. The van der Waals surface area contributed by atoms with Crippen LogP contribution in [-0.4, -0.2) is 22.4 Å². The minimum atomic E-state index is -0.186. The van der Waals surface area contributed by atoms with E-state index < -0.39 is 0 Å². The van der Waals surface area contributed by atoms with Gasteiger partial charge in [-0.1, -0.05) is 18.2 Å². The van der Waals surface area contributed by atoms with Crippen LogP contribution >= 0.6 is 0 Å². The molecule has 3 rings (SSSR count). The van der Waals surface area contributed by atoms with E-state index in [1.165, 1.54) is 0 Å². The first-order valence-electron chi connectivity index (χ1n) is 6.61. The van der Waals surface area contributed by atoms with Crippen LogP contribution in [0.3, 0.4) is 0 Å². The van der Waals surface area contributed by atoms with Gasteiger partial charge in [0.25, 0.3) is 5.91 Å². The molecule has 0 aliphatic heterocycles. The lowest BCUT2D eigenvalue weighted by atomic mass is 10.2. The van der Waals surface area contributed by atoms with E-state index in [0.29, 0.717) is 12.2 Å². The van der Waals surface area contributed by atoms with Crippen LogP contribution in [0.4, 0.5) is 0 Å². The molecule has 0 aliphatic carbocycles. The topological polar surface area (TPSA) is 55.6 Å². The van der Waals surface area contributed by atoms with Gasteiger partial charge >= 0.3 is 0 Å². The zero-order valence-corrected chi connectivity index (χ0v) is 11.6. The van der Waals surface area contributed by atoms with Gasteiger partial charge in [-0.15, -0.1) is 0 Å². The molecule has 0 atom stereocenters. The Hall–Kier alpha value is -2.82. The number of fused-ring (bicyclic) bond motifs is 1. The van der Waals surface area contributed by atoms with Gasteiger partial charge in [0.05, 0.1) is 7.11 Å². The quantitative estimate of drug-likeness (QED) is 0.798. The van der Waals surface area contributed by atoms with Gasteiger partial charge < -0.3 is 14.5 Å². The third-order valence-electron chi connectivity index (χ3n) is 3.21. The van der Waals surface area contributed by atoms with Crippen LogP contribution in [0.5, 0.6) is 5.75 Å². The van der Waals surface area contributed by atoms with E-state index in [9.17, 15) is 4.79 Å². The summed E-state index contributed by atoms with van der Waals surface area (Å²) >= 11 is 0. The average molecular weight is 281 g/mol. The first-order valence-corrected chi connectivity index (χ1v) is 6.61. The molecule has 0 unspecified atom stereocenters. The highest BCUT2D eigenvalue weighted by Crippen LogP contribution is 2.11. The molecular weight excluding hydrogens is 266 g/mol. The summed E-state index contributed by atoms with van der Waals surface area (Å²) in [5.74, 6) is 0.611. The number of nitrogens with one attached hydrogen (secondary N) is 1. The molecular formula is C16H15N3O2. The van der Waals surface area contributed by atoms with Crippen LogP contribution in [0.25, 0.3) is 5.65 Å². The Morgan fingerprint density at radius 2 is 2.05 bits per heavy atom. The number of ether oxygens (including phenoxy) is 1. The molecule has 0 fully saturated rings. The molecule has 2 aromatic heterocycles. The average Bonchev–Trinajstić information content (AvgIpc) is 2.97. The molecule has 106 valence electrons. The van der Waals surface area contributed by atoms with E-state index in [2.05, 4.69) is 10.3 Å². The normalized spacial score (nSPS) is 10.5. The van der Waals surface area contributed by atoms with Crippen molar-refractivity contribution in [3.8, 4) is 5.75 Å². The smallest absolute Gasteiger partial charge is 0.271 e. The summed E-state index contributed by atoms with van der Waals surface area (Å²) in [5, 5.41) is 2.86. The second kappa shape index (κ2) is 5.66. The van der Waals surface area contributed by atoms with Crippen molar-refractivity contribution in [2.45, 2.75) is 6.54 Å². The van der Waals surface area contributed by atoms with Gasteiger partial charge in [0.1, 0.15) is 17.1 Å². The van der Waals surface area contributed by atoms with Crippen LogP contribution in [0, 0.1) is 0 Å². The first-order chi connectivity index (χ1) is 10.3. The monoisotopic (exact) mass is 281 g/mol. The standard InChI is InChI=1S/C16H15N3O2/c1-21-13-7-5-12(6-8-13)10-17-16(20)14-11-19-9-3-2-4-15(19)18-14/h2-9,11H,10H2,1H3,(H,17,20). The summed E-state index contributed by atoms with van der Waals surface area (Å²) in [6.45, 7) is 0.455. The highest BCUT2D eigenvalue weighted by atomic mass is 16.5. The van der Waals surface area contributed by atoms with Crippen LogP contribution in [0.15, 0.2) is 54.9 Å². The molecule has 0 aliphatic rings. The molecule has 2 heterocycles. The number of carbonyl (C=O) groups excluding carboxylic acids is 1.